The van der Waals surface area contributed by atoms with Crippen LogP contribution < -0.4 is 81.8 Å². The zero-order valence-corrected chi connectivity index (χ0v) is 63.4. The molecule has 6 rings (SSSR count). The minimum Gasteiger partial charge on any atom is -0.508 e. The van der Waals surface area contributed by atoms with Gasteiger partial charge in [-0.25, -0.2) is 4.39 Å². The first-order valence-electron chi connectivity index (χ1n) is 35.3. The smallest absolute Gasteiger partial charge is 0.303 e. The van der Waals surface area contributed by atoms with Gasteiger partial charge in [-0.05, 0) is 104 Å². The van der Waals surface area contributed by atoms with Crippen molar-refractivity contribution in [3.05, 3.63) is 99.4 Å². The van der Waals surface area contributed by atoms with Gasteiger partial charge in [0, 0.05) is 98.7 Å². The predicted octanol–water partition coefficient (Wildman–Crippen LogP) is -0.555. The van der Waals surface area contributed by atoms with Gasteiger partial charge in [0.15, 0.2) is 5.96 Å². The fourth-order valence-electron chi connectivity index (χ4n) is 12.0. The van der Waals surface area contributed by atoms with Crippen molar-refractivity contribution in [3.8, 4) is 5.75 Å². The highest BCUT2D eigenvalue weighted by molar-refractivity contribution is 8.76. The minimum atomic E-state index is -1.81. The molecule has 2 fully saturated rings. The van der Waals surface area contributed by atoms with Crippen molar-refractivity contribution in [3.63, 3.8) is 0 Å². The molecule has 1 saturated carbocycles. The summed E-state index contributed by atoms with van der Waals surface area (Å²) in [6.45, 7) is 3.72. The van der Waals surface area contributed by atoms with E-state index in [4.69, 9.17) is 51.9 Å². The Morgan fingerprint density at radius 1 is 0.706 bits per heavy atom. The maximum absolute atomic E-state index is 15.1. The Kier molecular flexibility index (Phi) is 34.9. The van der Waals surface area contributed by atoms with Gasteiger partial charge in [0.1, 0.15) is 65.9 Å². The summed E-state index contributed by atoms with van der Waals surface area (Å²) in [5.74, 6) is -16.7. The molecular formula is C70H95Cl2FN18O16S2. The zero-order chi connectivity index (χ0) is 80.2. The molecule has 4 aromatic rings. The fourth-order valence-corrected chi connectivity index (χ4v) is 14.7. The number of aliphatic imine (C=N–C) groups is 1. The van der Waals surface area contributed by atoms with Gasteiger partial charge in [-0.3, -0.25) is 72.1 Å². The summed E-state index contributed by atoms with van der Waals surface area (Å²) in [5.41, 5.74) is 29.8. The number of halogens is 3. The number of phenols is 1. The zero-order valence-electron chi connectivity index (χ0n) is 60.3. The third-order valence-electron chi connectivity index (χ3n) is 17.7. The second-order valence-corrected chi connectivity index (χ2v) is 30.2. The Hall–Kier alpha value is -9.98. The monoisotopic (exact) mass is 1600 g/mol. The molecule has 0 spiro atoms. The van der Waals surface area contributed by atoms with Crippen molar-refractivity contribution in [2.75, 3.05) is 31.1 Å². The molecule has 10 atom stereocenters. The number of carboxylic acid groups (broad SMARTS) is 1. The van der Waals surface area contributed by atoms with Crippen LogP contribution in [0.5, 0.6) is 5.75 Å². The molecule has 594 valence electrons. The van der Waals surface area contributed by atoms with E-state index in [0.717, 1.165) is 46.6 Å². The van der Waals surface area contributed by atoms with E-state index in [2.05, 4.69) is 63.1 Å². The maximum atomic E-state index is 15.1. The summed E-state index contributed by atoms with van der Waals surface area (Å²) in [5, 5.41) is 46.1. The van der Waals surface area contributed by atoms with Crippen LogP contribution >= 0.6 is 44.8 Å². The normalized spacial score (nSPS) is 21.5. The average Bonchev–Trinajstić information content (AvgIpc) is 1.75. The number of aliphatic carboxylic acids is 1. The van der Waals surface area contributed by atoms with Gasteiger partial charge in [-0.2, -0.15) is 0 Å². The predicted molar refractivity (Wildman–Crippen MR) is 405 cm³/mol. The van der Waals surface area contributed by atoms with Gasteiger partial charge in [0.2, 0.25) is 76.8 Å². The summed E-state index contributed by atoms with van der Waals surface area (Å²) in [7, 11) is 1.64. The van der Waals surface area contributed by atoms with Crippen LogP contribution in [0.3, 0.4) is 0 Å². The number of carboxylic acids is 1. The molecule has 1 aliphatic heterocycles. The fraction of sp³-hybridized carbons (Fsp3) is 0.500. The van der Waals surface area contributed by atoms with Crippen LogP contribution in [0.2, 0.25) is 10.0 Å². The molecule has 2 aliphatic rings. The van der Waals surface area contributed by atoms with Gasteiger partial charge in [0.25, 0.3) is 0 Å². The lowest BCUT2D eigenvalue weighted by Crippen LogP contribution is -2.61. The van der Waals surface area contributed by atoms with Crippen LogP contribution in [0, 0.1) is 11.7 Å². The standard InChI is InChI=1S/C70H95Cl2FN18O16S2/c1-35(2)60-69(107)87-50(28-38-8-6-11-44(71)59(38)72)66(104)84-46(12-7-24-80-70(77)78)62(100)79-25-23-55(94)82-47(19-21-54(75)93)63(101)86-51(29-39-31-81-45-18-15-40(73)30-43(39)45)67(105)85-48(20-22-58(97)98)64(102)88-52(61(76)99)33-108-109-34-53(68(106)90-60)89-65(103)49(27-37-13-16-42(92)17-14-37)83-56(95)32-91(41-9-4-5-10-41)57(96)26-36(3)74/h6,8,11,13-18,30-31,35-36,41,46-53,60,81,92H,4-5,7,9-10,12,19-29,32-34,74H2,1-3H3,(H2,75,93)(H2,76,99)(H,79,100)(H,82,94)(H,83,95)(H,84,104)(H,85,105)(H,86,101)(H,87,107)(H,88,102)(H,89,103)(H,90,106)(H,97,98)(H4,77,78,80)/t36-,46+,47+,48+,49+,50-,51+,52+,53-,60+/m1/s1. The molecule has 1 aromatic heterocycles. The largest absolute Gasteiger partial charge is 0.508 e. The molecule has 109 heavy (non-hydrogen) atoms. The number of carbonyl (C=O) groups excluding carboxylic acids is 13. The van der Waals surface area contributed by atoms with E-state index in [9.17, 15) is 72.1 Å². The van der Waals surface area contributed by atoms with Gasteiger partial charge in [-0.15, -0.1) is 0 Å². The molecule has 34 nitrogen and oxygen atoms in total. The molecule has 0 radical (unpaired) electrons. The van der Waals surface area contributed by atoms with Crippen LogP contribution in [-0.2, 0) is 86.4 Å². The molecule has 23 N–H and O–H groups in total. The lowest BCUT2D eigenvalue weighted by molar-refractivity contribution is -0.139. The first kappa shape index (κ1) is 87.9. The van der Waals surface area contributed by atoms with Crippen molar-refractivity contribution in [2.45, 2.75) is 184 Å². The number of primary amides is 2. The number of hydrogen-bond acceptors (Lipinski definition) is 19. The maximum Gasteiger partial charge on any atom is 0.303 e. The van der Waals surface area contributed by atoms with Crippen molar-refractivity contribution in [1.29, 1.82) is 0 Å². The summed E-state index contributed by atoms with van der Waals surface area (Å²) in [4.78, 5) is 206. The first-order valence-corrected chi connectivity index (χ1v) is 38.5. The second-order valence-electron chi connectivity index (χ2n) is 26.9. The highest BCUT2D eigenvalue weighted by Crippen LogP contribution is 2.29. The van der Waals surface area contributed by atoms with Crippen LogP contribution in [0.25, 0.3) is 10.9 Å². The van der Waals surface area contributed by atoms with Gasteiger partial charge in [0.05, 0.1) is 16.6 Å². The lowest BCUT2D eigenvalue weighted by Gasteiger charge is -2.30. The average molecular weight is 1600 g/mol. The number of aromatic hydroxyl groups is 1. The van der Waals surface area contributed by atoms with Crippen LogP contribution in [0.4, 0.5) is 4.39 Å². The number of H-pyrrole nitrogens is 1. The molecule has 1 aliphatic carbocycles. The number of nitrogens with one attached hydrogen (secondary N) is 11. The summed E-state index contributed by atoms with van der Waals surface area (Å²) >= 11 is 13.1. The van der Waals surface area contributed by atoms with Gasteiger partial charge < -0.3 is 102 Å². The number of benzene rings is 3. The summed E-state index contributed by atoms with van der Waals surface area (Å²) in [6.07, 6.45) is -0.0834. The Bertz CT molecular complexity index is 3960. The van der Waals surface area contributed by atoms with Crippen LogP contribution in [0.15, 0.2) is 71.9 Å². The van der Waals surface area contributed by atoms with Crippen LogP contribution in [-0.4, -0.2) is 206 Å². The molecule has 13 amide bonds. The van der Waals surface area contributed by atoms with Gasteiger partial charge >= 0.3 is 5.97 Å². The molecule has 1 saturated heterocycles. The first-order chi connectivity index (χ1) is 51.7. The van der Waals surface area contributed by atoms with Gasteiger partial charge in [-0.1, -0.05) is 95.7 Å². The Morgan fingerprint density at radius 3 is 1.94 bits per heavy atom. The van der Waals surface area contributed by atoms with E-state index in [1.54, 1.807) is 20.8 Å². The highest BCUT2D eigenvalue weighted by atomic mass is 35.5. The van der Waals surface area contributed by atoms with E-state index in [-0.39, 0.29) is 82.4 Å². The van der Waals surface area contributed by atoms with Crippen molar-refractivity contribution in [1.82, 2.24) is 63.1 Å². The number of guanidine groups is 1. The number of aromatic nitrogens is 1. The van der Waals surface area contributed by atoms with E-state index in [1.807, 2.05) is 0 Å². The summed E-state index contributed by atoms with van der Waals surface area (Å²) < 4.78 is 14.8. The molecule has 0 bridgehead atoms. The number of carbonyl (C=O) groups is 14. The lowest BCUT2D eigenvalue weighted by atomic mass is 10.00. The van der Waals surface area contributed by atoms with Crippen molar-refractivity contribution in [2.24, 2.45) is 39.6 Å². The Morgan fingerprint density at radius 2 is 1.31 bits per heavy atom. The number of amides is 13. The second kappa shape index (κ2) is 43.3. The van der Waals surface area contributed by atoms with E-state index in [1.165, 1.54) is 59.6 Å². The van der Waals surface area contributed by atoms with E-state index in [0.29, 0.717) is 23.9 Å². The van der Waals surface area contributed by atoms with E-state index >= 15 is 9.59 Å². The number of fused-ring (bicyclic) bond motifs is 1. The number of hydrogen-bond donors (Lipinski definition) is 18. The molecule has 2 heterocycles. The highest BCUT2D eigenvalue weighted by Gasteiger charge is 2.38. The SMILES string of the molecule is CC(C)[C@@H]1NC(=O)[C@H](NC(=O)[C@H](Cc2ccc(O)cc2)NC(=O)CN(C(=O)C[C@@H](C)N)C2CCCC2)CSSC[C@@H](C(N)=O)NC(=O)[C@H](CCC(=O)O)NC(=O)[C@H](Cc2c[nH]c3ccc(F)cc23)NC(=O)[C@H](CCC(N)=O)NC(=O)CCNC(=O)[C@H](CCCN=C(N)N)NC(=O)[C@@H](Cc2cccc(Cl)c2Cl)NC1=O. The molecular weight excluding hydrogens is 1500 g/mol. The molecule has 39 heteroatoms. The molecule has 3 aromatic carbocycles. The van der Waals surface area contributed by atoms with Crippen LogP contribution in [0.1, 0.15) is 115 Å². The number of nitrogens with zero attached hydrogens (tertiary/aromatic N) is 2. The minimum absolute atomic E-state index is 0.0138. The number of phenolic OH excluding ortho intramolecular Hbond substituents is 1. The van der Waals surface area contributed by atoms with E-state index < -0.39 is 219 Å². The number of nitrogens with two attached hydrogens (primary N) is 5. The topological polar surface area (TPSA) is 561 Å². The van der Waals surface area contributed by atoms with Crippen molar-refractivity contribution < 1.29 is 81.7 Å². The number of rotatable bonds is 26. The number of aromatic amines is 1. The summed E-state index contributed by atoms with van der Waals surface area (Å²) in [6, 6.07) is -1.79. The Balaban J connectivity index is 1.43. The molecule has 0 unspecified atom stereocenters. The van der Waals surface area contributed by atoms with Crippen molar-refractivity contribution >= 4 is 144 Å². The third kappa shape index (κ3) is 28.8. The third-order valence-corrected chi connectivity index (χ3v) is 21.0. The Labute approximate surface area is 645 Å². The quantitative estimate of drug-likeness (QED) is 0.0162.